The molecule has 0 spiro atoms. The molecular formula is C11H10ClNO2. The third kappa shape index (κ3) is 2.71. The monoisotopic (exact) mass is 223 g/mol. The van der Waals surface area contributed by atoms with Gasteiger partial charge in [-0.3, -0.25) is 4.79 Å². The minimum Gasteiger partial charge on any atom is -0.481 e. The average Bonchev–Trinajstić information content (AvgIpc) is 2.19. The van der Waals surface area contributed by atoms with Gasteiger partial charge in [0, 0.05) is 0 Å². The SMILES string of the molecule is CCc1cc(CC(=O)O)cc(C#N)c1Cl. The third-order valence-electron chi connectivity index (χ3n) is 2.06. The maximum atomic E-state index is 10.5. The first-order valence-corrected chi connectivity index (χ1v) is 4.89. The zero-order valence-electron chi connectivity index (χ0n) is 8.25. The van der Waals surface area contributed by atoms with E-state index >= 15 is 0 Å². The molecule has 0 unspecified atom stereocenters. The van der Waals surface area contributed by atoms with Gasteiger partial charge >= 0.3 is 5.97 Å². The standard InChI is InChI=1S/C11H10ClNO2/c1-2-8-3-7(5-10(14)15)4-9(6-13)11(8)12/h3-4H,2,5H2,1H3,(H,14,15). The Balaban J connectivity index is 3.22. The number of nitriles is 1. The molecule has 15 heavy (non-hydrogen) atoms. The van der Waals surface area contributed by atoms with Crippen LogP contribution in [0, 0.1) is 11.3 Å². The summed E-state index contributed by atoms with van der Waals surface area (Å²) >= 11 is 5.95. The summed E-state index contributed by atoms with van der Waals surface area (Å²) in [7, 11) is 0. The molecule has 0 bridgehead atoms. The molecule has 0 atom stereocenters. The molecule has 1 aromatic carbocycles. The first kappa shape index (κ1) is 11.5. The maximum absolute atomic E-state index is 10.5. The molecular weight excluding hydrogens is 214 g/mol. The van der Waals surface area contributed by atoms with E-state index in [2.05, 4.69) is 0 Å². The number of halogens is 1. The average molecular weight is 224 g/mol. The quantitative estimate of drug-likeness (QED) is 0.856. The molecule has 0 aliphatic rings. The Labute approximate surface area is 92.9 Å². The molecule has 0 aliphatic heterocycles. The zero-order chi connectivity index (χ0) is 11.4. The van der Waals surface area contributed by atoms with Crippen molar-refractivity contribution in [1.82, 2.24) is 0 Å². The van der Waals surface area contributed by atoms with Gasteiger partial charge in [-0.1, -0.05) is 24.6 Å². The van der Waals surface area contributed by atoms with Gasteiger partial charge in [0.05, 0.1) is 17.0 Å². The lowest BCUT2D eigenvalue weighted by Crippen LogP contribution is -2.02. The summed E-state index contributed by atoms with van der Waals surface area (Å²) < 4.78 is 0. The predicted molar refractivity (Wildman–Crippen MR) is 56.9 cm³/mol. The Morgan fingerprint density at radius 2 is 2.27 bits per heavy atom. The fraction of sp³-hybridized carbons (Fsp3) is 0.273. The summed E-state index contributed by atoms with van der Waals surface area (Å²) in [6, 6.07) is 5.22. The van der Waals surface area contributed by atoms with Gasteiger partial charge in [0.1, 0.15) is 6.07 Å². The number of hydrogen-bond acceptors (Lipinski definition) is 2. The van der Waals surface area contributed by atoms with Crippen LogP contribution in [0.15, 0.2) is 12.1 Å². The van der Waals surface area contributed by atoms with E-state index in [0.717, 1.165) is 5.56 Å². The van der Waals surface area contributed by atoms with Crippen molar-refractivity contribution >= 4 is 17.6 Å². The normalized spacial score (nSPS) is 9.67. The van der Waals surface area contributed by atoms with Crippen molar-refractivity contribution in [1.29, 1.82) is 5.26 Å². The number of benzene rings is 1. The van der Waals surface area contributed by atoms with Gasteiger partial charge < -0.3 is 5.11 Å². The molecule has 78 valence electrons. The highest BCUT2D eigenvalue weighted by Gasteiger charge is 2.09. The highest BCUT2D eigenvalue weighted by Crippen LogP contribution is 2.23. The second kappa shape index (κ2) is 4.81. The van der Waals surface area contributed by atoms with Crippen molar-refractivity contribution in [3.05, 3.63) is 33.8 Å². The topological polar surface area (TPSA) is 61.1 Å². The van der Waals surface area contributed by atoms with E-state index < -0.39 is 5.97 Å². The molecule has 1 aromatic rings. The molecule has 0 saturated carbocycles. The second-order valence-electron chi connectivity index (χ2n) is 3.15. The number of aryl methyl sites for hydroxylation is 1. The van der Waals surface area contributed by atoms with E-state index in [1.54, 1.807) is 6.07 Å². The highest BCUT2D eigenvalue weighted by molar-refractivity contribution is 6.32. The Hall–Kier alpha value is -1.53. The lowest BCUT2D eigenvalue weighted by Gasteiger charge is -2.06. The molecule has 0 aromatic heterocycles. The molecule has 0 aliphatic carbocycles. The van der Waals surface area contributed by atoms with Crippen molar-refractivity contribution in [2.45, 2.75) is 19.8 Å². The molecule has 3 nitrogen and oxygen atoms in total. The lowest BCUT2D eigenvalue weighted by molar-refractivity contribution is -0.136. The zero-order valence-corrected chi connectivity index (χ0v) is 9.01. The van der Waals surface area contributed by atoms with Crippen LogP contribution in [0.2, 0.25) is 5.02 Å². The van der Waals surface area contributed by atoms with E-state index in [1.165, 1.54) is 6.07 Å². The van der Waals surface area contributed by atoms with E-state index in [9.17, 15) is 4.79 Å². The molecule has 0 fully saturated rings. The number of aliphatic carboxylic acids is 1. The fourth-order valence-electron chi connectivity index (χ4n) is 1.37. The first-order valence-electron chi connectivity index (χ1n) is 4.51. The Kier molecular flexibility index (Phi) is 3.70. The van der Waals surface area contributed by atoms with Gasteiger partial charge in [-0.2, -0.15) is 5.26 Å². The van der Waals surface area contributed by atoms with Crippen LogP contribution in [0.5, 0.6) is 0 Å². The Morgan fingerprint density at radius 3 is 2.73 bits per heavy atom. The highest BCUT2D eigenvalue weighted by atomic mass is 35.5. The van der Waals surface area contributed by atoms with Gasteiger partial charge in [-0.25, -0.2) is 0 Å². The summed E-state index contributed by atoms with van der Waals surface area (Å²) in [5.74, 6) is -0.914. The summed E-state index contributed by atoms with van der Waals surface area (Å²) in [5.41, 5.74) is 1.76. The van der Waals surface area contributed by atoms with E-state index in [-0.39, 0.29) is 6.42 Å². The van der Waals surface area contributed by atoms with Crippen LogP contribution in [0.3, 0.4) is 0 Å². The lowest BCUT2D eigenvalue weighted by atomic mass is 10.0. The molecule has 0 radical (unpaired) electrons. The summed E-state index contributed by atoms with van der Waals surface area (Å²) in [6.07, 6.45) is 0.597. The largest absolute Gasteiger partial charge is 0.481 e. The van der Waals surface area contributed by atoms with Crippen molar-refractivity contribution < 1.29 is 9.90 Å². The maximum Gasteiger partial charge on any atom is 0.307 e. The second-order valence-corrected chi connectivity index (χ2v) is 3.53. The van der Waals surface area contributed by atoms with Gasteiger partial charge in [0.15, 0.2) is 0 Å². The van der Waals surface area contributed by atoms with E-state index in [0.29, 0.717) is 22.6 Å². The molecule has 0 heterocycles. The van der Waals surface area contributed by atoms with Crippen LogP contribution >= 0.6 is 11.6 Å². The minimum absolute atomic E-state index is 0.0845. The van der Waals surface area contributed by atoms with Crippen LogP contribution in [0.4, 0.5) is 0 Å². The predicted octanol–water partition coefficient (Wildman–Crippen LogP) is 2.40. The fourth-order valence-corrected chi connectivity index (χ4v) is 1.65. The van der Waals surface area contributed by atoms with Gasteiger partial charge in [0.25, 0.3) is 0 Å². The summed E-state index contributed by atoms with van der Waals surface area (Å²) in [5, 5.41) is 17.9. The van der Waals surface area contributed by atoms with Crippen LogP contribution in [-0.4, -0.2) is 11.1 Å². The van der Waals surface area contributed by atoms with Gasteiger partial charge in [0.2, 0.25) is 0 Å². The van der Waals surface area contributed by atoms with Crippen molar-refractivity contribution in [3.63, 3.8) is 0 Å². The van der Waals surface area contributed by atoms with Crippen molar-refractivity contribution in [2.75, 3.05) is 0 Å². The smallest absolute Gasteiger partial charge is 0.307 e. The molecule has 4 heteroatoms. The van der Waals surface area contributed by atoms with Gasteiger partial charge in [-0.15, -0.1) is 0 Å². The van der Waals surface area contributed by atoms with E-state index in [1.807, 2.05) is 13.0 Å². The molecule has 0 saturated heterocycles. The number of carbonyl (C=O) groups is 1. The number of nitrogens with zero attached hydrogens (tertiary/aromatic N) is 1. The number of carboxylic acids is 1. The summed E-state index contributed by atoms with van der Waals surface area (Å²) in [4.78, 5) is 10.5. The summed E-state index contributed by atoms with van der Waals surface area (Å²) in [6.45, 7) is 1.91. The Morgan fingerprint density at radius 1 is 1.60 bits per heavy atom. The van der Waals surface area contributed by atoms with Crippen LogP contribution in [0.25, 0.3) is 0 Å². The molecule has 1 N–H and O–H groups in total. The van der Waals surface area contributed by atoms with Gasteiger partial charge in [-0.05, 0) is 23.6 Å². The Bertz CT molecular complexity index is 435. The number of carboxylic acid groups (broad SMARTS) is 1. The minimum atomic E-state index is -0.914. The molecule has 0 amide bonds. The van der Waals surface area contributed by atoms with Crippen LogP contribution in [-0.2, 0) is 17.6 Å². The third-order valence-corrected chi connectivity index (χ3v) is 2.51. The van der Waals surface area contributed by atoms with E-state index in [4.69, 9.17) is 22.0 Å². The molecule has 1 rings (SSSR count). The van der Waals surface area contributed by atoms with Crippen LogP contribution < -0.4 is 0 Å². The number of rotatable bonds is 3. The van der Waals surface area contributed by atoms with Crippen LogP contribution in [0.1, 0.15) is 23.6 Å². The van der Waals surface area contributed by atoms with Crippen molar-refractivity contribution in [3.8, 4) is 6.07 Å². The number of hydrogen-bond donors (Lipinski definition) is 1. The first-order chi connectivity index (χ1) is 7.08. The van der Waals surface area contributed by atoms with Crippen molar-refractivity contribution in [2.24, 2.45) is 0 Å².